The zero-order valence-corrected chi connectivity index (χ0v) is 11.1. The second-order valence-corrected chi connectivity index (χ2v) is 5.40. The van der Waals surface area contributed by atoms with Crippen LogP contribution in [0.5, 0.6) is 0 Å². The third-order valence-electron chi connectivity index (χ3n) is 3.73. The van der Waals surface area contributed by atoms with Crippen LogP contribution in [0.4, 0.5) is 0 Å². The summed E-state index contributed by atoms with van der Waals surface area (Å²) in [5.41, 5.74) is 5.78. The molecule has 2 N–H and O–H groups in total. The van der Waals surface area contributed by atoms with Crippen LogP contribution in [0.3, 0.4) is 0 Å². The van der Waals surface area contributed by atoms with Gasteiger partial charge in [0, 0.05) is 25.2 Å². The molecule has 1 heterocycles. The average Bonchev–Trinajstić information content (AvgIpc) is 2.58. The molecule has 0 aromatic carbocycles. The van der Waals surface area contributed by atoms with Gasteiger partial charge in [-0.1, -0.05) is 13.8 Å². The predicted molar refractivity (Wildman–Crippen MR) is 66.0 cm³/mol. The molecule has 0 radical (unpaired) electrons. The lowest BCUT2D eigenvalue weighted by molar-refractivity contribution is -0.134. The van der Waals surface area contributed by atoms with E-state index in [-0.39, 0.29) is 17.9 Å². The van der Waals surface area contributed by atoms with Crippen molar-refractivity contribution in [1.82, 2.24) is 9.80 Å². The van der Waals surface area contributed by atoms with Crippen LogP contribution in [0, 0.1) is 11.8 Å². The highest BCUT2D eigenvalue weighted by atomic mass is 16.2. The number of rotatable bonds is 3. The van der Waals surface area contributed by atoms with Crippen molar-refractivity contribution >= 4 is 5.91 Å². The number of carbonyl (C=O) groups is 1. The first-order valence-electron chi connectivity index (χ1n) is 6.05. The number of hydrogen-bond donors (Lipinski definition) is 1. The maximum absolute atomic E-state index is 12.1. The number of nitrogens with two attached hydrogens (primary N) is 1. The van der Waals surface area contributed by atoms with Crippen molar-refractivity contribution in [1.29, 1.82) is 0 Å². The molecule has 0 aromatic rings. The highest BCUT2D eigenvalue weighted by Crippen LogP contribution is 2.22. The molecule has 0 saturated carbocycles. The van der Waals surface area contributed by atoms with Crippen molar-refractivity contribution in [2.45, 2.75) is 32.9 Å². The molecule has 1 aliphatic heterocycles. The monoisotopic (exact) mass is 227 g/mol. The Morgan fingerprint density at radius 2 is 1.94 bits per heavy atom. The molecule has 4 nitrogen and oxygen atoms in total. The van der Waals surface area contributed by atoms with Crippen LogP contribution in [0.1, 0.15) is 20.8 Å². The molecule has 1 rings (SSSR count). The second-order valence-electron chi connectivity index (χ2n) is 5.40. The molecular formula is C12H25N3O. The van der Waals surface area contributed by atoms with E-state index in [2.05, 4.69) is 25.9 Å². The largest absolute Gasteiger partial charge is 0.341 e. The lowest BCUT2D eigenvalue weighted by Crippen LogP contribution is -2.42. The Morgan fingerprint density at radius 1 is 1.38 bits per heavy atom. The molecule has 0 bridgehead atoms. The number of likely N-dealkylation sites (N-methyl/N-ethyl adjacent to an activating group) is 1. The molecule has 4 atom stereocenters. The lowest BCUT2D eigenvalue weighted by atomic mass is 10.0. The van der Waals surface area contributed by atoms with E-state index in [4.69, 9.17) is 5.73 Å². The van der Waals surface area contributed by atoms with Crippen LogP contribution in [-0.4, -0.2) is 55.0 Å². The van der Waals surface area contributed by atoms with Crippen LogP contribution < -0.4 is 5.73 Å². The topological polar surface area (TPSA) is 49.6 Å². The van der Waals surface area contributed by atoms with Crippen LogP contribution >= 0.6 is 0 Å². The van der Waals surface area contributed by atoms with Crippen LogP contribution in [0.25, 0.3) is 0 Å². The van der Waals surface area contributed by atoms with Crippen molar-refractivity contribution in [3.05, 3.63) is 0 Å². The van der Waals surface area contributed by atoms with Gasteiger partial charge in [-0.25, -0.2) is 0 Å². The Labute approximate surface area is 98.8 Å². The standard InChI is InChI=1S/C12H25N3O/c1-8-6-15(7-11(8)14(4)5)12(16)9(2)10(3)13/h8-11H,6-7,13H2,1-5H3. The van der Waals surface area contributed by atoms with Gasteiger partial charge < -0.3 is 15.5 Å². The molecule has 4 heteroatoms. The third kappa shape index (κ3) is 2.74. The zero-order chi connectivity index (χ0) is 12.5. The summed E-state index contributed by atoms with van der Waals surface area (Å²) in [6.45, 7) is 7.71. The Kier molecular flexibility index (Phi) is 4.33. The quantitative estimate of drug-likeness (QED) is 0.758. The minimum absolute atomic E-state index is 0.0683. The highest BCUT2D eigenvalue weighted by Gasteiger charge is 2.35. The van der Waals surface area contributed by atoms with Crippen molar-refractivity contribution in [2.24, 2.45) is 17.6 Å². The van der Waals surface area contributed by atoms with Crippen LogP contribution in [-0.2, 0) is 4.79 Å². The normalized spacial score (nSPS) is 29.6. The summed E-state index contributed by atoms with van der Waals surface area (Å²) in [5.74, 6) is 0.665. The van der Waals surface area contributed by atoms with Gasteiger partial charge in [-0.15, -0.1) is 0 Å². The van der Waals surface area contributed by atoms with E-state index in [1.54, 1.807) is 0 Å². The molecule has 1 saturated heterocycles. The molecular weight excluding hydrogens is 202 g/mol. The number of hydrogen-bond acceptors (Lipinski definition) is 3. The van der Waals surface area contributed by atoms with Crippen molar-refractivity contribution in [3.8, 4) is 0 Å². The molecule has 1 amide bonds. The third-order valence-corrected chi connectivity index (χ3v) is 3.73. The van der Waals surface area contributed by atoms with Gasteiger partial charge >= 0.3 is 0 Å². The van der Waals surface area contributed by atoms with Gasteiger partial charge in [0.15, 0.2) is 0 Å². The van der Waals surface area contributed by atoms with Gasteiger partial charge in [-0.3, -0.25) is 4.79 Å². The molecule has 0 spiro atoms. The molecule has 1 fully saturated rings. The molecule has 0 aromatic heterocycles. The van der Waals surface area contributed by atoms with Gasteiger partial charge in [0.1, 0.15) is 0 Å². The van der Waals surface area contributed by atoms with Gasteiger partial charge in [0.25, 0.3) is 0 Å². The van der Waals surface area contributed by atoms with E-state index in [0.717, 1.165) is 13.1 Å². The summed E-state index contributed by atoms with van der Waals surface area (Å²) in [6, 6.07) is 0.408. The van der Waals surface area contributed by atoms with Crippen LogP contribution in [0.2, 0.25) is 0 Å². The Balaban J connectivity index is 2.61. The summed E-state index contributed by atoms with van der Waals surface area (Å²) in [6.07, 6.45) is 0. The SMILES string of the molecule is CC(N)C(C)C(=O)N1CC(C)C(N(C)C)C1. The maximum Gasteiger partial charge on any atom is 0.227 e. The molecule has 0 aliphatic carbocycles. The molecule has 94 valence electrons. The summed E-state index contributed by atoms with van der Waals surface area (Å²) in [4.78, 5) is 16.3. The second kappa shape index (κ2) is 5.15. The Bertz CT molecular complexity index is 253. The lowest BCUT2D eigenvalue weighted by Gasteiger charge is -2.24. The summed E-state index contributed by atoms with van der Waals surface area (Å²) in [5, 5.41) is 0. The van der Waals surface area contributed by atoms with Crippen LogP contribution in [0.15, 0.2) is 0 Å². The fraction of sp³-hybridized carbons (Fsp3) is 0.917. The van der Waals surface area contributed by atoms with E-state index in [0.29, 0.717) is 12.0 Å². The van der Waals surface area contributed by atoms with E-state index >= 15 is 0 Å². The van der Waals surface area contributed by atoms with Crippen molar-refractivity contribution in [2.75, 3.05) is 27.2 Å². The number of nitrogens with zero attached hydrogens (tertiary/aromatic N) is 2. The Hall–Kier alpha value is -0.610. The number of carbonyl (C=O) groups excluding carboxylic acids is 1. The van der Waals surface area contributed by atoms with Gasteiger partial charge in [0.2, 0.25) is 5.91 Å². The van der Waals surface area contributed by atoms with Gasteiger partial charge in [0.05, 0.1) is 5.92 Å². The highest BCUT2D eigenvalue weighted by molar-refractivity contribution is 5.79. The first kappa shape index (κ1) is 13.5. The molecule has 4 unspecified atom stereocenters. The number of amides is 1. The van der Waals surface area contributed by atoms with Gasteiger partial charge in [-0.2, -0.15) is 0 Å². The summed E-state index contributed by atoms with van der Waals surface area (Å²) in [7, 11) is 4.15. The number of likely N-dealkylation sites (tertiary alicyclic amines) is 1. The first-order chi connectivity index (χ1) is 7.34. The molecule has 1 aliphatic rings. The summed E-state index contributed by atoms with van der Waals surface area (Å²) < 4.78 is 0. The first-order valence-corrected chi connectivity index (χ1v) is 6.05. The van der Waals surface area contributed by atoms with Gasteiger partial charge in [-0.05, 0) is 26.9 Å². The Morgan fingerprint density at radius 3 is 2.31 bits per heavy atom. The zero-order valence-electron chi connectivity index (χ0n) is 11.1. The maximum atomic E-state index is 12.1. The average molecular weight is 227 g/mol. The van der Waals surface area contributed by atoms with E-state index in [9.17, 15) is 4.79 Å². The van der Waals surface area contributed by atoms with E-state index in [1.807, 2.05) is 18.7 Å². The minimum Gasteiger partial charge on any atom is -0.341 e. The van der Waals surface area contributed by atoms with Crippen molar-refractivity contribution in [3.63, 3.8) is 0 Å². The minimum atomic E-state index is -0.0758. The smallest absolute Gasteiger partial charge is 0.227 e. The molecule has 16 heavy (non-hydrogen) atoms. The fourth-order valence-electron chi connectivity index (χ4n) is 2.31. The summed E-state index contributed by atoms with van der Waals surface area (Å²) >= 11 is 0. The predicted octanol–water partition coefficient (Wildman–Crippen LogP) is 0.378. The van der Waals surface area contributed by atoms with E-state index in [1.165, 1.54) is 0 Å². The fourth-order valence-corrected chi connectivity index (χ4v) is 2.31. The van der Waals surface area contributed by atoms with E-state index < -0.39 is 0 Å². The van der Waals surface area contributed by atoms with Crippen molar-refractivity contribution < 1.29 is 4.79 Å².